The van der Waals surface area contributed by atoms with Crippen molar-refractivity contribution in [3.05, 3.63) is 18.0 Å². The van der Waals surface area contributed by atoms with E-state index < -0.39 is 5.97 Å². The third-order valence-corrected chi connectivity index (χ3v) is 2.83. The summed E-state index contributed by atoms with van der Waals surface area (Å²) in [4.78, 5) is 23.7. The molecule has 100 valence electrons. The van der Waals surface area contributed by atoms with E-state index in [0.29, 0.717) is 25.8 Å². The van der Waals surface area contributed by atoms with Gasteiger partial charge in [-0.2, -0.15) is 5.10 Å². The second kappa shape index (κ2) is 6.78. The Kier molecular flexibility index (Phi) is 5.35. The number of carbonyl (C=O) groups excluding carboxylic acids is 1. The Hall–Kier alpha value is -1.85. The van der Waals surface area contributed by atoms with Crippen LogP contribution in [0.2, 0.25) is 0 Å². The van der Waals surface area contributed by atoms with Crippen LogP contribution < -0.4 is 0 Å². The second-order valence-corrected chi connectivity index (χ2v) is 4.26. The van der Waals surface area contributed by atoms with Crippen LogP contribution in [0.15, 0.2) is 12.3 Å². The van der Waals surface area contributed by atoms with Crippen LogP contribution in [0.25, 0.3) is 0 Å². The highest BCUT2D eigenvalue weighted by Crippen LogP contribution is 2.03. The number of carboxylic acid groups (broad SMARTS) is 1. The fourth-order valence-corrected chi connectivity index (χ4v) is 1.66. The van der Waals surface area contributed by atoms with Crippen molar-refractivity contribution in [3.63, 3.8) is 0 Å². The van der Waals surface area contributed by atoms with Crippen molar-refractivity contribution in [2.24, 2.45) is 7.05 Å². The molecule has 0 radical (unpaired) electrons. The normalized spacial score (nSPS) is 10.3. The molecule has 1 aromatic rings. The fraction of sp³-hybridized carbons (Fsp3) is 0.583. The van der Waals surface area contributed by atoms with Gasteiger partial charge in [0.25, 0.3) is 0 Å². The monoisotopic (exact) mass is 253 g/mol. The molecule has 0 aliphatic heterocycles. The lowest BCUT2D eigenvalue weighted by molar-refractivity contribution is -0.138. The average Bonchev–Trinajstić information content (AvgIpc) is 2.71. The van der Waals surface area contributed by atoms with Gasteiger partial charge in [-0.15, -0.1) is 0 Å². The molecule has 1 N–H and O–H groups in total. The molecular formula is C12H19N3O3. The van der Waals surface area contributed by atoms with Gasteiger partial charge >= 0.3 is 5.97 Å². The number of carbonyl (C=O) groups is 2. The van der Waals surface area contributed by atoms with E-state index in [0.717, 1.165) is 5.69 Å². The molecule has 0 aromatic carbocycles. The molecule has 0 aliphatic carbocycles. The summed E-state index contributed by atoms with van der Waals surface area (Å²) >= 11 is 0. The molecule has 0 saturated heterocycles. The number of carboxylic acids is 1. The summed E-state index contributed by atoms with van der Waals surface area (Å²) in [6, 6.07) is 1.89. The predicted molar refractivity (Wildman–Crippen MR) is 66.0 cm³/mol. The topological polar surface area (TPSA) is 75.4 Å². The van der Waals surface area contributed by atoms with Gasteiger partial charge in [0, 0.05) is 45.4 Å². The number of aromatic nitrogens is 2. The fourth-order valence-electron chi connectivity index (χ4n) is 1.66. The molecule has 0 fully saturated rings. The number of hydrogen-bond acceptors (Lipinski definition) is 3. The summed E-state index contributed by atoms with van der Waals surface area (Å²) < 4.78 is 1.75. The van der Waals surface area contributed by atoms with Crippen LogP contribution in [0.5, 0.6) is 0 Å². The molecule has 1 amide bonds. The summed E-state index contributed by atoms with van der Waals surface area (Å²) in [6.07, 6.45) is 3.36. The maximum atomic E-state index is 11.8. The van der Waals surface area contributed by atoms with Crippen molar-refractivity contribution in [2.75, 3.05) is 13.6 Å². The highest BCUT2D eigenvalue weighted by molar-refractivity contribution is 5.76. The zero-order valence-corrected chi connectivity index (χ0v) is 10.8. The van der Waals surface area contributed by atoms with Gasteiger partial charge in [-0.3, -0.25) is 14.3 Å². The molecule has 1 rings (SSSR count). The zero-order valence-electron chi connectivity index (χ0n) is 10.8. The van der Waals surface area contributed by atoms with Crippen molar-refractivity contribution in [1.29, 1.82) is 0 Å². The van der Waals surface area contributed by atoms with E-state index in [1.54, 1.807) is 22.8 Å². The summed E-state index contributed by atoms with van der Waals surface area (Å²) in [5, 5.41) is 12.5. The molecule has 0 atom stereocenters. The Morgan fingerprint density at radius 2 is 2.17 bits per heavy atom. The third kappa shape index (κ3) is 4.57. The number of nitrogens with zero attached hydrogens (tertiary/aromatic N) is 3. The van der Waals surface area contributed by atoms with Crippen LogP contribution in [-0.4, -0.2) is 45.3 Å². The molecule has 0 unspecified atom stereocenters. The Morgan fingerprint density at radius 3 is 2.72 bits per heavy atom. The molecule has 6 nitrogen and oxygen atoms in total. The van der Waals surface area contributed by atoms with Gasteiger partial charge < -0.3 is 10.0 Å². The van der Waals surface area contributed by atoms with Gasteiger partial charge in [-0.1, -0.05) is 0 Å². The molecule has 6 heteroatoms. The summed E-state index contributed by atoms with van der Waals surface area (Å²) in [5.74, 6) is -0.799. The van der Waals surface area contributed by atoms with Crippen molar-refractivity contribution < 1.29 is 14.7 Å². The number of hydrogen-bond donors (Lipinski definition) is 1. The number of rotatable bonds is 7. The molecule has 18 heavy (non-hydrogen) atoms. The molecule has 1 aromatic heterocycles. The molecule has 0 aliphatic rings. The van der Waals surface area contributed by atoms with Gasteiger partial charge in [0.2, 0.25) is 5.91 Å². The zero-order chi connectivity index (χ0) is 13.5. The molecular weight excluding hydrogens is 234 g/mol. The van der Waals surface area contributed by atoms with Crippen LogP contribution in [0, 0.1) is 0 Å². The lowest BCUT2D eigenvalue weighted by atomic mass is 10.2. The van der Waals surface area contributed by atoms with Crippen molar-refractivity contribution in [3.8, 4) is 0 Å². The van der Waals surface area contributed by atoms with Gasteiger partial charge in [0.1, 0.15) is 0 Å². The minimum Gasteiger partial charge on any atom is -0.481 e. The largest absolute Gasteiger partial charge is 0.481 e. The first kappa shape index (κ1) is 14.2. The van der Waals surface area contributed by atoms with E-state index in [1.807, 2.05) is 13.1 Å². The number of amides is 1. The van der Waals surface area contributed by atoms with Gasteiger partial charge in [0.05, 0.1) is 0 Å². The van der Waals surface area contributed by atoms with E-state index in [-0.39, 0.29) is 12.3 Å². The van der Waals surface area contributed by atoms with Crippen LogP contribution >= 0.6 is 0 Å². The molecule has 1 heterocycles. The molecule has 0 spiro atoms. The predicted octanol–water partition coefficient (Wildman–Crippen LogP) is 0.676. The Bertz CT molecular complexity index is 414. The Balaban J connectivity index is 2.27. The third-order valence-electron chi connectivity index (χ3n) is 2.83. The number of aliphatic carboxylic acids is 1. The first-order valence-electron chi connectivity index (χ1n) is 5.93. The summed E-state index contributed by atoms with van der Waals surface area (Å²) in [5.41, 5.74) is 1.02. The smallest absolute Gasteiger partial charge is 0.303 e. The first-order chi connectivity index (χ1) is 8.50. The van der Waals surface area contributed by atoms with E-state index in [1.165, 1.54) is 0 Å². The maximum Gasteiger partial charge on any atom is 0.303 e. The quantitative estimate of drug-likeness (QED) is 0.775. The van der Waals surface area contributed by atoms with Crippen LogP contribution in [-0.2, 0) is 23.1 Å². The van der Waals surface area contributed by atoms with Crippen molar-refractivity contribution >= 4 is 11.9 Å². The number of aryl methyl sites for hydroxylation is 2. The van der Waals surface area contributed by atoms with Gasteiger partial charge in [-0.05, 0) is 18.9 Å². The minimum atomic E-state index is -0.828. The van der Waals surface area contributed by atoms with Crippen molar-refractivity contribution in [1.82, 2.24) is 14.7 Å². The minimum absolute atomic E-state index is 0.0292. The van der Waals surface area contributed by atoms with E-state index in [2.05, 4.69) is 5.10 Å². The van der Waals surface area contributed by atoms with Crippen LogP contribution in [0.4, 0.5) is 0 Å². The lowest BCUT2D eigenvalue weighted by Crippen LogP contribution is -2.28. The van der Waals surface area contributed by atoms with Gasteiger partial charge in [-0.25, -0.2) is 0 Å². The lowest BCUT2D eigenvalue weighted by Gasteiger charge is -2.16. The molecule has 0 saturated carbocycles. The van der Waals surface area contributed by atoms with Crippen LogP contribution in [0.3, 0.4) is 0 Å². The Morgan fingerprint density at radius 1 is 1.44 bits per heavy atom. The standard InChI is InChI=1S/C12H19N3O3/c1-14(9-3-4-12(17)18)11(16)6-5-10-7-8-13-15(10)2/h7-8H,3-6,9H2,1-2H3,(H,17,18). The second-order valence-electron chi connectivity index (χ2n) is 4.26. The van der Waals surface area contributed by atoms with E-state index in [9.17, 15) is 9.59 Å². The molecule has 0 bridgehead atoms. The van der Waals surface area contributed by atoms with Gasteiger partial charge in [0.15, 0.2) is 0 Å². The Labute approximate surface area is 106 Å². The average molecular weight is 253 g/mol. The van der Waals surface area contributed by atoms with E-state index in [4.69, 9.17) is 5.11 Å². The summed E-state index contributed by atoms with van der Waals surface area (Å²) in [6.45, 7) is 0.483. The summed E-state index contributed by atoms with van der Waals surface area (Å²) in [7, 11) is 3.55. The maximum absolute atomic E-state index is 11.8. The SMILES string of the molecule is CN(CCCC(=O)O)C(=O)CCc1ccnn1C. The highest BCUT2D eigenvalue weighted by atomic mass is 16.4. The van der Waals surface area contributed by atoms with E-state index >= 15 is 0 Å². The first-order valence-corrected chi connectivity index (χ1v) is 5.93. The van der Waals surface area contributed by atoms with Crippen molar-refractivity contribution in [2.45, 2.75) is 25.7 Å². The highest BCUT2D eigenvalue weighted by Gasteiger charge is 2.10. The van der Waals surface area contributed by atoms with Crippen LogP contribution in [0.1, 0.15) is 25.0 Å².